The number of halogens is 4. The van der Waals surface area contributed by atoms with Crippen LogP contribution in [0.4, 0.5) is 29.5 Å². The fourth-order valence-corrected chi connectivity index (χ4v) is 1.62. The van der Waals surface area contributed by atoms with Crippen LogP contribution in [0.1, 0.15) is 26.5 Å². The molecule has 0 unspecified atom stereocenters. The van der Waals surface area contributed by atoms with E-state index in [1.165, 1.54) is 0 Å². The fraction of sp³-hybridized carbons (Fsp3) is 0.583. The molecule has 0 fully saturated rings. The molecule has 7 nitrogen and oxygen atoms in total. The summed E-state index contributed by atoms with van der Waals surface area (Å²) in [5.41, 5.74) is 2.75. The Morgan fingerprint density at radius 2 is 1.87 bits per heavy atom. The SMILES string of the molecule is CC(C)(C)OC(=O)NCCNc1nc(Cl)nc(C(F)(F)F)c1N. The van der Waals surface area contributed by atoms with Crippen LogP contribution in [0.15, 0.2) is 0 Å². The minimum Gasteiger partial charge on any atom is -0.444 e. The Hall–Kier alpha value is -1.97. The number of aromatic nitrogens is 2. The number of carbonyl (C=O) groups excluding carboxylic acids is 1. The molecule has 0 atom stereocenters. The second kappa shape index (κ2) is 7.07. The highest BCUT2D eigenvalue weighted by atomic mass is 35.5. The molecule has 0 aliphatic rings. The number of amides is 1. The van der Waals surface area contributed by atoms with Crippen LogP contribution in [-0.4, -0.2) is 34.8 Å². The zero-order chi connectivity index (χ0) is 17.8. The number of alkyl carbamates (subject to hydrolysis) is 1. The van der Waals surface area contributed by atoms with Crippen LogP contribution < -0.4 is 16.4 Å². The normalized spacial score (nSPS) is 12.0. The van der Waals surface area contributed by atoms with E-state index >= 15 is 0 Å². The Morgan fingerprint density at radius 3 is 2.39 bits per heavy atom. The van der Waals surface area contributed by atoms with Gasteiger partial charge in [-0.1, -0.05) is 0 Å². The molecule has 1 heterocycles. The number of rotatable bonds is 4. The molecule has 0 aliphatic heterocycles. The van der Waals surface area contributed by atoms with Crippen molar-refractivity contribution in [1.29, 1.82) is 0 Å². The second-order valence-electron chi connectivity index (χ2n) is 5.46. The summed E-state index contributed by atoms with van der Waals surface area (Å²) in [6.45, 7) is 5.25. The van der Waals surface area contributed by atoms with Gasteiger partial charge in [0.2, 0.25) is 5.28 Å². The Labute approximate surface area is 135 Å². The standard InChI is InChI=1S/C12H17ClF3N5O2/c1-11(2,3)23-10(22)19-5-4-18-8-6(17)7(12(14,15)16)20-9(13)21-8/h4-5,17H2,1-3H3,(H,19,22)(H,18,20,21). The highest BCUT2D eigenvalue weighted by Gasteiger charge is 2.37. The number of alkyl halides is 3. The van der Waals surface area contributed by atoms with Crippen molar-refractivity contribution in [3.05, 3.63) is 11.0 Å². The summed E-state index contributed by atoms with van der Waals surface area (Å²) >= 11 is 5.46. The molecule has 23 heavy (non-hydrogen) atoms. The lowest BCUT2D eigenvalue weighted by Crippen LogP contribution is -2.35. The van der Waals surface area contributed by atoms with Crippen LogP contribution in [0.5, 0.6) is 0 Å². The molecule has 1 aromatic rings. The summed E-state index contributed by atoms with van der Waals surface area (Å²) in [7, 11) is 0. The number of hydrogen-bond acceptors (Lipinski definition) is 6. The first kappa shape index (κ1) is 19.1. The Morgan fingerprint density at radius 1 is 1.26 bits per heavy atom. The van der Waals surface area contributed by atoms with E-state index in [-0.39, 0.29) is 18.9 Å². The predicted octanol–water partition coefficient (Wildman–Crippen LogP) is 2.67. The van der Waals surface area contributed by atoms with Gasteiger partial charge >= 0.3 is 12.3 Å². The molecule has 1 rings (SSSR count). The molecule has 1 aromatic heterocycles. The van der Waals surface area contributed by atoms with Crippen LogP contribution in [0.25, 0.3) is 0 Å². The van der Waals surface area contributed by atoms with E-state index in [1.54, 1.807) is 20.8 Å². The first-order chi connectivity index (χ1) is 10.4. The minimum absolute atomic E-state index is 0.0636. The third kappa shape index (κ3) is 6.35. The molecule has 4 N–H and O–H groups in total. The molecule has 0 saturated heterocycles. The van der Waals surface area contributed by atoms with Crippen molar-refractivity contribution in [2.75, 3.05) is 24.1 Å². The Bertz CT molecular complexity index is 575. The van der Waals surface area contributed by atoms with E-state index in [2.05, 4.69) is 20.6 Å². The fourth-order valence-electron chi connectivity index (χ4n) is 1.45. The van der Waals surface area contributed by atoms with Gasteiger partial charge in [-0.2, -0.15) is 18.2 Å². The van der Waals surface area contributed by atoms with Gasteiger partial charge in [-0.25, -0.2) is 9.78 Å². The number of anilines is 2. The smallest absolute Gasteiger partial charge is 0.435 e. The number of ether oxygens (including phenoxy) is 1. The molecule has 130 valence electrons. The maximum atomic E-state index is 12.7. The van der Waals surface area contributed by atoms with Crippen LogP contribution in [0, 0.1) is 0 Å². The minimum atomic E-state index is -4.75. The molecule has 11 heteroatoms. The van der Waals surface area contributed by atoms with Crippen molar-refractivity contribution in [3.8, 4) is 0 Å². The Balaban J connectivity index is 2.62. The lowest BCUT2D eigenvalue weighted by molar-refractivity contribution is -0.140. The zero-order valence-corrected chi connectivity index (χ0v) is 13.5. The van der Waals surface area contributed by atoms with Crippen molar-refractivity contribution in [2.24, 2.45) is 0 Å². The summed E-state index contributed by atoms with van der Waals surface area (Å²) in [4.78, 5) is 18.1. The van der Waals surface area contributed by atoms with E-state index in [0.29, 0.717) is 0 Å². The summed E-state index contributed by atoms with van der Waals surface area (Å²) in [6, 6.07) is 0. The third-order valence-corrected chi connectivity index (χ3v) is 2.44. The highest BCUT2D eigenvalue weighted by Crippen LogP contribution is 2.35. The molecule has 0 aliphatic carbocycles. The number of nitrogens with one attached hydrogen (secondary N) is 2. The van der Waals surface area contributed by atoms with Crippen LogP contribution in [-0.2, 0) is 10.9 Å². The van der Waals surface area contributed by atoms with Crippen molar-refractivity contribution in [3.63, 3.8) is 0 Å². The summed E-state index contributed by atoms with van der Waals surface area (Å²) in [5, 5.41) is 4.39. The van der Waals surface area contributed by atoms with E-state index in [4.69, 9.17) is 22.1 Å². The quantitative estimate of drug-likeness (QED) is 0.567. The topological polar surface area (TPSA) is 102 Å². The lowest BCUT2D eigenvalue weighted by Gasteiger charge is -2.19. The molecule has 0 aromatic carbocycles. The van der Waals surface area contributed by atoms with Crippen LogP contribution in [0.2, 0.25) is 5.28 Å². The van der Waals surface area contributed by atoms with Gasteiger partial charge in [-0.05, 0) is 32.4 Å². The number of carbonyl (C=O) groups is 1. The maximum absolute atomic E-state index is 12.7. The molecule has 0 radical (unpaired) electrons. The number of nitrogen functional groups attached to an aromatic ring is 1. The lowest BCUT2D eigenvalue weighted by atomic mass is 10.2. The maximum Gasteiger partial charge on any atom is 0.435 e. The van der Waals surface area contributed by atoms with E-state index in [0.717, 1.165) is 0 Å². The predicted molar refractivity (Wildman–Crippen MR) is 79.2 cm³/mol. The second-order valence-corrected chi connectivity index (χ2v) is 5.79. The summed E-state index contributed by atoms with van der Waals surface area (Å²) in [5.74, 6) is -0.261. The molecular formula is C12H17ClF3N5O2. The van der Waals surface area contributed by atoms with Gasteiger partial charge in [-0.3, -0.25) is 0 Å². The van der Waals surface area contributed by atoms with E-state index < -0.39 is 34.5 Å². The zero-order valence-electron chi connectivity index (χ0n) is 12.7. The molecule has 0 bridgehead atoms. The van der Waals surface area contributed by atoms with Gasteiger partial charge in [-0.15, -0.1) is 0 Å². The van der Waals surface area contributed by atoms with Gasteiger partial charge in [0.05, 0.1) is 0 Å². The highest BCUT2D eigenvalue weighted by molar-refractivity contribution is 6.28. The monoisotopic (exact) mass is 355 g/mol. The number of nitrogens with two attached hydrogens (primary N) is 1. The first-order valence-electron chi connectivity index (χ1n) is 6.51. The van der Waals surface area contributed by atoms with Crippen molar-refractivity contribution < 1.29 is 22.7 Å². The number of hydrogen-bond donors (Lipinski definition) is 3. The van der Waals surface area contributed by atoms with Gasteiger partial charge in [0.1, 0.15) is 11.3 Å². The average molecular weight is 356 g/mol. The summed E-state index contributed by atoms with van der Waals surface area (Å²) in [6.07, 6.45) is -5.40. The van der Waals surface area contributed by atoms with E-state index in [1.807, 2.05) is 0 Å². The van der Waals surface area contributed by atoms with E-state index in [9.17, 15) is 18.0 Å². The molecule has 1 amide bonds. The number of nitrogens with zero attached hydrogens (tertiary/aromatic N) is 2. The van der Waals surface area contributed by atoms with Crippen molar-refractivity contribution >= 4 is 29.2 Å². The van der Waals surface area contributed by atoms with Crippen molar-refractivity contribution in [2.45, 2.75) is 32.5 Å². The van der Waals surface area contributed by atoms with Gasteiger partial charge in [0.15, 0.2) is 11.5 Å². The molecule has 0 saturated carbocycles. The third-order valence-electron chi connectivity index (χ3n) is 2.27. The van der Waals surface area contributed by atoms with Crippen molar-refractivity contribution in [1.82, 2.24) is 15.3 Å². The van der Waals surface area contributed by atoms with Crippen LogP contribution in [0.3, 0.4) is 0 Å². The molecule has 0 spiro atoms. The van der Waals surface area contributed by atoms with Gasteiger partial charge < -0.3 is 21.1 Å². The van der Waals surface area contributed by atoms with Gasteiger partial charge in [0, 0.05) is 13.1 Å². The van der Waals surface area contributed by atoms with Crippen LogP contribution >= 0.6 is 11.6 Å². The van der Waals surface area contributed by atoms with Gasteiger partial charge in [0.25, 0.3) is 0 Å². The summed E-state index contributed by atoms with van der Waals surface area (Å²) < 4.78 is 43.2. The largest absolute Gasteiger partial charge is 0.444 e. The molecular weight excluding hydrogens is 339 g/mol. The average Bonchev–Trinajstić information content (AvgIpc) is 2.34. The first-order valence-corrected chi connectivity index (χ1v) is 6.89. The Kier molecular flexibility index (Phi) is 5.86.